The van der Waals surface area contributed by atoms with E-state index in [0.717, 1.165) is 24.0 Å². The molecule has 0 unspecified atom stereocenters. The number of hydrogen-bond acceptors (Lipinski definition) is 3. The predicted molar refractivity (Wildman–Crippen MR) is 134 cm³/mol. The Morgan fingerprint density at radius 2 is 1.69 bits per heavy atom. The van der Waals surface area contributed by atoms with Crippen LogP contribution in [-0.2, 0) is 6.61 Å². The van der Waals surface area contributed by atoms with Crippen LogP contribution in [0.3, 0.4) is 0 Å². The molecule has 8 heteroatoms. The topological polar surface area (TPSA) is 50.7 Å². The molecule has 0 saturated carbocycles. The molecule has 0 aliphatic heterocycles. The minimum atomic E-state index is -0.362. The number of ether oxygens (including phenoxy) is 1. The number of amides is 1. The Morgan fingerprint density at radius 3 is 2.34 bits per heavy atom. The van der Waals surface area contributed by atoms with E-state index in [1.54, 1.807) is 30.5 Å². The maximum Gasteiger partial charge on any atom is 0.272 e. The van der Waals surface area contributed by atoms with Gasteiger partial charge >= 0.3 is 0 Å². The van der Waals surface area contributed by atoms with Gasteiger partial charge in [0.1, 0.15) is 12.4 Å². The van der Waals surface area contributed by atoms with Crippen molar-refractivity contribution in [3.8, 4) is 5.75 Å². The van der Waals surface area contributed by atoms with E-state index in [4.69, 9.17) is 27.9 Å². The number of nitrogens with one attached hydrogen (secondary N) is 1. The second-order valence-electron chi connectivity index (χ2n) is 5.91. The van der Waals surface area contributed by atoms with Crippen LogP contribution >= 0.6 is 68.4 Å². The predicted octanol–water partition coefficient (Wildman–Crippen LogP) is 6.55. The van der Waals surface area contributed by atoms with Gasteiger partial charge in [0.05, 0.1) is 23.9 Å². The smallest absolute Gasteiger partial charge is 0.272 e. The van der Waals surface area contributed by atoms with Gasteiger partial charge in [-0.3, -0.25) is 4.79 Å². The molecule has 0 heterocycles. The number of halogens is 4. The summed E-state index contributed by atoms with van der Waals surface area (Å²) in [7, 11) is 0. The van der Waals surface area contributed by atoms with Crippen LogP contribution < -0.4 is 10.2 Å². The third-order valence-corrected chi connectivity index (χ3v) is 6.00. The highest BCUT2D eigenvalue weighted by Crippen LogP contribution is 2.29. The molecule has 0 atom stereocenters. The van der Waals surface area contributed by atoms with Crippen LogP contribution in [0.5, 0.6) is 5.75 Å². The van der Waals surface area contributed by atoms with E-state index in [1.807, 2.05) is 36.4 Å². The van der Waals surface area contributed by atoms with E-state index in [9.17, 15) is 4.79 Å². The van der Waals surface area contributed by atoms with Gasteiger partial charge in [0.25, 0.3) is 5.91 Å². The summed E-state index contributed by atoms with van der Waals surface area (Å²) in [5, 5.41) is 5.11. The molecule has 1 N–H and O–H groups in total. The van der Waals surface area contributed by atoms with E-state index in [-0.39, 0.29) is 5.91 Å². The lowest BCUT2D eigenvalue weighted by molar-refractivity contribution is 0.0955. The molecule has 3 aromatic carbocycles. The Morgan fingerprint density at radius 1 is 1.03 bits per heavy atom. The highest BCUT2D eigenvalue weighted by molar-refractivity contribution is 14.1. The molecular formula is C21H14Cl2I2N2O2. The molecule has 0 aromatic heterocycles. The fraction of sp³-hybridized carbons (Fsp3) is 0.0476. The molecule has 0 spiro atoms. The summed E-state index contributed by atoms with van der Waals surface area (Å²) < 4.78 is 7.87. The highest BCUT2D eigenvalue weighted by atomic mass is 127. The Bertz CT molecular complexity index is 1030. The minimum absolute atomic E-state index is 0.362. The molecule has 1 amide bonds. The summed E-state index contributed by atoms with van der Waals surface area (Å²) in [6.45, 7) is 0.449. The standard InChI is InChI=1S/C21H14Cl2I2N2O2/c22-15-7-5-13(6-8-15)12-29-20-18(24)9-14(10-19(20)25)11-26-27-21(28)16-3-1-2-4-17(16)23/h1-11H,12H2,(H,27,28)/b26-11-. The molecular weight excluding hydrogens is 637 g/mol. The molecule has 4 nitrogen and oxygen atoms in total. The van der Waals surface area contributed by atoms with Gasteiger partial charge in [-0.2, -0.15) is 5.10 Å². The first-order valence-corrected chi connectivity index (χ1v) is 11.3. The summed E-state index contributed by atoms with van der Waals surface area (Å²) in [5.41, 5.74) is 4.75. The van der Waals surface area contributed by atoms with Crippen molar-refractivity contribution in [3.05, 3.63) is 94.5 Å². The molecule has 0 fully saturated rings. The van der Waals surface area contributed by atoms with Gasteiger partial charge in [-0.25, -0.2) is 5.43 Å². The molecule has 0 radical (unpaired) electrons. The molecule has 0 aliphatic carbocycles. The fourth-order valence-electron chi connectivity index (χ4n) is 2.40. The fourth-order valence-corrected chi connectivity index (χ4v) is 4.87. The maximum atomic E-state index is 12.1. The van der Waals surface area contributed by atoms with E-state index in [1.165, 1.54) is 0 Å². The quantitative estimate of drug-likeness (QED) is 0.187. The van der Waals surface area contributed by atoms with Crippen LogP contribution in [0.4, 0.5) is 0 Å². The first-order chi connectivity index (χ1) is 13.9. The van der Waals surface area contributed by atoms with E-state index in [2.05, 4.69) is 55.7 Å². The van der Waals surface area contributed by atoms with Crippen LogP contribution in [0.25, 0.3) is 0 Å². The van der Waals surface area contributed by atoms with Crippen molar-refractivity contribution < 1.29 is 9.53 Å². The summed E-state index contributed by atoms with van der Waals surface area (Å²) >= 11 is 16.4. The normalized spacial score (nSPS) is 10.9. The molecule has 3 rings (SSSR count). The molecule has 29 heavy (non-hydrogen) atoms. The third kappa shape index (κ3) is 6.31. The maximum absolute atomic E-state index is 12.1. The van der Waals surface area contributed by atoms with Gasteiger partial charge in [-0.15, -0.1) is 0 Å². The monoisotopic (exact) mass is 650 g/mol. The Kier molecular flexibility index (Phi) is 8.16. The number of nitrogens with zero attached hydrogens (tertiary/aromatic N) is 1. The van der Waals surface area contributed by atoms with E-state index >= 15 is 0 Å². The highest BCUT2D eigenvalue weighted by Gasteiger charge is 2.10. The lowest BCUT2D eigenvalue weighted by atomic mass is 10.2. The van der Waals surface area contributed by atoms with E-state index in [0.29, 0.717) is 22.2 Å². The van der Waals surface area contributed by atoms with Gasteiger partial charge in [-0.05, 0) is 92.7 Å². The first-order valence-electron chi connectivity index (χ1n) is 8.38. The molecule has 3 aromatic rings. The van der Waals surface area contributed by atoms with Crippen molar-refractivity contribution in [1.29, 1.82) is 0 Å². The van der Waals surface area contributed by atoms with Gasteiger partial charge in [0, 0.05) is 5.02 Å². The summed E-state index contributed by atoms with van der Waals surface area (Å²) in [4.78, 5) is 12.1. The van der Waals surface area contributed by atoms with Crippen LogP contribution in [0, 0.1) is 7.14 Å². The van der Waals surface area contributed by atoms with Crippen LogP contribution in [-0.4, -0.2) is 12.1 Å². The number of carbonyl (C=O) groups excluding carboxylic acids is 1. The van der Waals surface area contributed by atoms with Crippen molar-refractivity contribution >= 4 is 80.5 Å². The van der Waals surface area contributed by atoms with Crippen molar-refractivity contribution in [2.24, 2.45) is 5.10 Å². The van der Waals surface area contributed by atoms with Crippen LogP contribution in [0.15, 0.2) is 65.8 Å². The SMILES string of the molecule is O=C(N/N=C\c1cc(I)c(OCc2ccc(Cl)cc2)c(I)c1)c1ccccc1Cl. The zero-order valence-corrected chi connectivity index (χ0v) is 20.7. The Labute approximate surface area is 205 Å². The summed E-state index contributed by atoms with van der Waals surface area (Å²) in [6.07, 6.45) is 1.59. The summed E-state index contributed by atoms with van der Waals surface area (Å²) in [5.74, 6) is 0.442. The van der Waals surface area contributed by atoms with Gasteiger partial charge in [-0.1, -0.05) is 47.5 Å². The van der Waals surface area contributed by atoms with Gasteiger partial charge in [0.15, 0.2) is 0 Å². The number of rotatable bonds is 6. The number of hydrazone groups is 1. The average Bonchev–Trinajstić information content (AvgIpc) is 2.69. The second-order valence-corrected chi connectivity index (χ2v) is 9.08. The van der Waals surface area contributed by atoms with E-state index < -0.39 is 0 Å². The number of carbonyl (C=O) groups is 1. The first kappa shape index (κ1) is 22.3. The number of hydrogen-bond donors (Lipinski definition) is 1. The molecule has 0 bridgehead atoms. The van der Waals surface area contributed by atoms with Crippen molar-refractivity contribution in [2.45, 2.75) is 6.61 Å². The Hall–Kier alpha value is -1.36. The molecule has 0 saturated heterocycles. The largest absolute Gasteiger partial charge is 0.487 e. The minimum Gasteiger partial charge on any atom is -0.487 e. The molecule has 0 aliphatic rings. The number of benzene rings is 3. The lowest BCUT2D eigenvalue weighted by Gasteiger charge is -2.11. The van der Waals surface area contributed by atoms with Crippen molar-refractivity contribution in [3.63, 3.8) is 0 Å². The zero-order chi connectivity index (χ0) is 20.8. The van der Waals surface area contributed by atoms with Crippen molar-refractivity contribution in [2.75, 3.05) is 0 Å². The van der Waals surface area contributed by atoms with Gasteiger partial charge < -0.3 is 4.74 Å². The zero-order valence-electron chi connectivity index (χ0n) is 14.8. The second kappa shape index (κ2) is 10.6. The Balaban J connectivity index is 1.65. The van der Waals surface area contributed by atoms with Crippen LogP contribution in [0.1, 0.15) is 21.5 Å². The molecule has 148 valence electrons. The van der Waals surface area contributed by atoms with Crippen molar-refractivity contribution in [1.82, 2.24) is 5.43 Å². The van der Waals surface area contributed by atoms with Crippen LogP contribution in [0.2, 0.25) is 10.0 Å². The lowest BCUT2D eigenvalue weighted by Crippen LogP contribution is -2.18. The average molecular weight is 651 g/mol. The summed E-state index contributed by atoms with van der Waals surface area (Å²) in [6, 6.07) is 18.2. The third-order valence-electron chi connectivity index (χ3n) is 3.82. The van der Waals surface area contributed by atoms with Gasteiger partial charge in [0.2, 0.25) is 0 Å².